The minimum atomic E-state index is -3.88. The van der Waals surface area contributed by atoms with Gasteiger partial charge in [-0.1, -0.05) is 65.1 Å². The fraction of sp³-hybridized carbons (Fsp3) is 0.0909. The number of carbonyl (C=O) groups excluding carboxylic acids is 2. The second-order valence-corrected chi connectivity index (χ2v) is 9.99. The summed E-state index contributed by atoms with van der Waals surface area (Å²) in [6, 6.07) is 17.2. The Morgan fingerprint density at radius 2 is 1.53 bits per heavy atom. The van der Waals surface area contributed by atoms with E-state index in [4.69, 9.17) is 34.8 Å². The van der Waals surface area contributed by atoms with Crippen LogP contribution in [0.25, 0.3) is 0 Å². The summed E-state index contributed by atoms with van der Waals surface area (Å²) in [5.74, 6) is -1.03. The molecule has 0 atom stereocenters. The molecule has 10 heteroatoms. The lowest BCUT2D eigenvalue weighted by Gasteiger charge is -2.23. The standard InChI is InChI=1S/C22H17Cl3N2O4S/c1-32(30,31)27(20-12-16(24)7-9-18(20)25)13-21(28)26-19-10-8-15(23)11-17(19)22(29)14-5-3-2-4-6-14/h2-12H,13H2,1H3,(H,26,28). The first-order valence-electron chi connectivity index (χ1n) is 9.18. The number of sulfonamides is 1. The van der Waals surface area contributed by atoms with Gasteiger partial charge in [0.25, 0.3) is 0 Å². The van der Waals surface area contributed by atoms with Crippen molar-refractivity contribution < 1.29 is 18.0 Å². The van der Waals surface area contributed by atoms with Gasteiger partial charge in [0.15, 0.2) is 5.78 Å². The van der Waals surface area contributed by atoms with Crippen molar-refractivity contribution >= 4 is 67.9 Å². The monoisotopic (exact) mass is 510 g/mol. The number of carbonyl (C=O) groups is 2. The Kier molecular flexibility index (Phi) is 7.46. The number of hydrogen-bond acceptors (Lipinski definition) is 4. The molecule has 32 heavy (non-hydrogen) atoms. The lowest BCUT2D eigenvalue weighted by Crippen LogP contribution is -2.37. The number of amides is 1. The molecule has 3 aromatic carbocycles. The zero-order valence-electron chi connectivity index (χ0n) is 16.7. The molecule has 0 heterocycles. The molecule has 0 aliphatic carbocycles. The van der Waals surface area contributed by atoms with E-state index in [0.29, 0.717) is 10.6 Å². The molecule has 0 unspecified atom stereocenters. The molecule has 0 spiro atoms. The summed E-state index contributed by atoms with van der Waals surface area (Å²) in [6.07, 6.45) is 0.949. The van der Waals surface area contributed by atoms with Gasteiger partial charge in [0.1, 0.15) is 6.54 Å². The molecule has 3 rings (SSSR count). The summed E-state index contributed by atoms with van der Waals surface area (Å²) in [7, 11) is -3.88. The molecule has 3 aromatic rings. The Morgan fingerprint density at radius 3 is 2.19 bits per heavy atom. The van der Waals surface area contributed by atoms with Crippen molar-refractivity contribution in [3.63, 3.8) is 0 Å². The van der Waals surface area contributed by atoms with Gasteiger partial charge >= 0.3 is 0 Å². The molecule has 1 amide bonds. The molecule has 6 nitrogen and oxygen atoms in total. The fourth-order valence-electron chi connectivity index (χ4n) is 2.94. The Labute approximate surface area is 200 Å². The maximum absolute atomic E-state index is 12.9. The van der Waals surface area contributed by atoms with Crippen LogP contribution >= 0.6 is 34.8 Å². The van der Waals surface area contributed by atoms with Gasteiger partial charge < -0.3 is 5.32 Å². The molecule has 0 aromatic heterocycles. The first-order valence-corrected chi connectivity index (χ1v) is 12.2. The van der Waals surface area contributed by atoms with Gasteiger partial charge in [-0.25, -0.2) is 8.42 Å². The number of hydrogen-bond donors (Lipinski definition) is 1. The van der Waals surface area contributed by atoms with Crippen LogP contribution in [0.3, 0.4) is 0 Å². The van der Waals surface area contributed by atoms with Crippen molar-refractivity contribution in [1.29, 1.82) is 0 Å². The first-order chi connectivity index (χ1) is 15.1. The number of halogens is 3. The van der Waals surface area contributed by atoms with Gasteiger partial charge in [-0.2, -0.15) is 0 Å². The third-order valence-electron chi connectivity index (χ3n) is 4.40. The minimum absolute atomic E-state index is 0.0634. The molecule has 0 aliphatic rings. The second kappa shape index (κ2) is 9.92. The number of ketones is 1. The van der Waals surface area contributed by atoms with E-state index in [-0.39, 0.29) is 32.8 Å². The summed E-state index contributed by atoms with van der Waals surface area (Å²) in [4.78, 5) is 25.7. The maximum Gasteiger partial charge on any atom is 0.245 e. The van der Waals surface area contributed by atoms with Crippen LogP contribution in [0.5, 0.6) is 0 Å². The van der Waals surface area contributed by atoms with Crippen LogP contribution in [0, 0.1) is 0 Å². The average Bonchev–Trinajstić information content (AvgIpc) is 2.74. The van der Waals surface area contributed by atoms with E-state index in [1.165, 1.54) is 36.4 Å². The van der Waals surface area contributed by atoms with E-state index in [1.54, 1.807) is 30.3 Å². The summed E-state index contributed by atoms with van der Waals surface area (Å²) in [6.45, 7) is -0.583. The predicted octanol–water partition coefficient (Wildman–Crippen LogP) is 5.28. The van der Waals surface area contributed by atoms with Crippen LogP contribution in [-0.2, 0) is 14.8 Å². The Balaban J connectivity index is 1.91. The molecule has 1 N–H and O–H groups in total. The molecular formula is C22H17Cl3N2O4S. The van der Waals surface area contributed by atoms with Crippen molar-refractivity contribution in [1.82, 2.24) is 0 Å². The highest BCUT2D eigenvalue weighted by Gasteiger charge is 2.24. The van der Waals surface area contributed by atoms with Gasteiger partial charge in [-0.15, -0.1) is 0 Å². The third-order valence-corrected chi connectivity index (χ3v) is 6.32. The van der Waals surface area contributed by atoms with Gasteiger partial charge in [0, 0.05) is 21.2 Å². The van der Waals surface area contributed by atoms with E-state index in [2.05, 4.69) is 5.32 Å². The lowest BCUT2D eigenvalue weighted by atomic mass is 10.0. The maximum atomic E-state index is 12.9. The average molecular weight is 512 g/mol. The smallest absolute Gasteiger partial charge is 0.245 e. The van der Waals surface area contributed by atoms with E-state index >= 15 is 0 Å². The molecule has 0 aliphatic heterocycles. The Bertz CT molecular complexity index is 1280. The summed E-state index contributed by atoms with van der Waals surface area (Å²) in [5, 5.41) is 3.27. The Morgan fingerprint density at radius 1 is 0.906 bits per heavy atom. The molecule has 0 saturated heterocycles. The fourth-order valence-corrected chi connectivity index (χ4v) is 4.40. The predicted molar refractivity (Wildman–Crippen MR) is 129 cm³/mol. The molecule has 0 radical (unpaired) electrons. The van der Waals surface area contributed by atoms with Gasteiger partial charge in [-0.3, -0.25) is 13.9 Å². The van der Waals surface area contributed by atoms with Crippen molar-refractivity contribution in [2.45, 2.75) is 0 Å². The van der Waals surface area contributed by atoms with E-state index in [0.717, 1.165) is 10.6 Å². The third kappa shape index (κ3) is 5.81. The summed E-state index contributed by atoms with van der Waals surface area (Å²) >= 11 is 18.2. The van der Waals surface area contributed by atoms with Crippen LogP contribution in [0.15, 0.2) is 66.7 Å². The topological polar surface area (TPSA) is 83.6 Å². The van der Waals surface area contributed by atoms with Gasteiger partial charge in [-0.05, 0) is 36.4 Å². The number of anilines is 2. The quantitative estimate of drug-likeness (QED) is 0.437. The number of rotatable bonds is 7. The van der Waals surface area contributed by atoms with Crippen LogP contribution in [-0.4, -0.2) is 32.9 Å². The number of nitrogens with one attached hydrogen (secondary N) is 1. The minimum Gasteiger partial charge on any atom is -0.324 e. The van der Waals surface area contributed by atoms with Crippen LogP contribution < -0.4 is 9.62 Å². The SMILES string of the molecule is CS(=O)(=O)N(CC(=O)Nc1ccc(Cl)cc1C(=O)c1ccccc1)c1cc(Cl)ccc1Cl. The normalized spacial score (nSPS) is 11.1. The van der Waals surface area contributed by atoms with E-state index < -0.39 is 22.5 Å². The highest BCUT2D eigenvalue weighted by atomic mass is 35.5. The van der Waals surface area contributed by atoms with Crippen molar-refractivity contribution in [3.8, 4) is 0 Å². The van der Waals surface area contributed by atoms with Crippen LogP contribution in [0.1, 0.15) is 15.9 Å². The van der Waals surface area contributed by atoms with Gasteiger partial charge in [0.2, 0.25) is 15.9 Å². The molecule has 0 bridgehead atoms. The number of nitrogens with zero attached hydrogens (tertiary/aromatic N) is 1. The molecule has 0 saturated carbocycles. The Hall–Kier alpha value is -2.58. The van der Waals surface area contributed by atoms with Crippen LogP contribution in [0.4, 0.5) is 11.4 Å². The zero-order valence-corrected chi connectivity index (χ0v) is 19.8. The van der Waals surface area contributed by atoms with Crippen LogP contribution in [0.2, 0.25) is 15.1 Å². The molecule has 0 fully saturated rings. The van der Waals surface area contributed by atoms with Crippen molar-refractivity contribution in [3.05, 3.63) is 92.9 Å². The lowest BCUT2D eigenvalue weighted by molar-refractivity contribution is -0.114. The van der Waals surface area contributed by atoms with Gasteiger partial charge in [0.05, 0.1) is 22.7 Å². The highest BCUT2D eigenvalue weighted by molar-refractivity contribution is 7.92. The molecule has 166 valence electrons. The van der Waals surface area contributed by atoms with Crippen molar-refractivity contribution in [2.75, 3.05) is 22.4 Å². The van der Waals surface area contributed by atoms with Crippen molar-refractivity contribution in [2.24, 2.45) is 0 Å². The van der Waals surface area contributed by atoms with E-state index in [9.17, 15) is 18.0 Å². The summed E-state index contributed by atoms with van der Waals surface area (Å²) < 4.78 is 25.6. The second-order valence-electron chi connectivity index (χ2n) is 6.80. The zero-order chi connectivity index (χ0) is 23.5. The highest BCUT2D eigenvalue weighted by Crippen LogP contribution is 2.31. The summed E-state index contributed by atoms with van der Waals surface area (Å²) in [5.41, 5.74) is 0.838. The first kappa shape index (κ1) is 24.1. The largest absolute Gasteiger partial charge is 0.324 e. The number of benzene rings is 3. The molecular weight excluding hydrogens is 495 g/mol. The van der Waals surface area contributed by atoms with E-state index in [1.807, 2.05) is 0 Å².